The van der Waals surface area contributed by atoms with E-state index in [4.69, 9.17) is 14.6 Å². The van der Waals surface area contributed by atoms with Gasteiger partial charge in [-0.05, 0) is 280 Å². The van der Waals surface area contributed by atoms with E-state index >= 15 is 0 Å². The van der Waals surface area contributed by atoms with Crippen LogP contribution in [0.2, 0.25) is 0 Å². The Hall–Kier alpha value is -2.49. The van der Waals surface area contributed by atoms with Gasteiger partial charge in [-0.1, -0.05) is 255 Å². The molecule has 0 amide bonds. The Bertz CT molecular complexity index is 2970. The molecule has 642 valence electrons. The number of esters is 4. The maximum atomic E-state index is 11.9. The van der Waals surface area contributed by atoms with Gasteiger partial charge in [0.2, 0.25) is 0 Å². The Labute approximate surface area is 712 Å². The number of carboxylic acid groups (broad SMARTS) is 1. The molecule has 13 rings (SSSR count). The van der Waals surface area contributed by atoms with Crippen molar-refractivity contribution < 1.29 is 102 Å². The van der Waals surface area contributed by atoms with E-state index in [0.29, 0.717) is 21.7 Å². The van der Waals surface area contributed by atoms with Gasteiger partial charge in [0, 0.05) is 12.8 Å². The Morgan fingerprint density at radius 3 is 1.04 bits per heavy atom. The van der Waals surface area contributed by atoms with Crippen molar-refractivity contribution in [3.63, 3.8) is 0 Å². The Balaban J connectivity index is 0. The smallest absolute Gasteiger partial charge is 0.870 e. The van der Waals surface area contributed by atoms with Crippen LogP contribution < -0.4 is 37.7 Å². The van der Waals surface area contributed by atoms with E-state index in [1.807, 2.05) is 0 Å². The predicted octanol–water partition coefficient (Wildman–Crippen LogP) is 19.8. The molecule has 0 unspecified atom stereocenters. The zero-order chi connectivity index (χ0) is 73.1. The zero-order valence-electron chi connectivity index (χ0n) is 69.3. The standard InChI is InChI=1S/C30H48O4.C30H47O3.C27H46O.C3H2O3.7CH4.2Li.2H2O/c1-19(2)7-6-8-20(3)24-11-12-25-23-10-9-21-17-22(34-28(33)18-27(31)32)13-15-29(21,4)26(23)14-16-30(24,25)5;1-20(2)7-6-8-21(3)25-11-12-26-24-10-9-22-19-23(33-28(32)15-18-31)13-16-29(22,4)27(24)14-17-30(25,26)5;1-18(2)7-6-8-19(3)23-11-12-24-22-10-9-20-17-21(28)13-15-26(20,4)25(22)14-16-27(23,24)5;4-2-1-3(5)6-2;;;;;;;;;;;/h9,19-20,22-26H,6-8,10-18H2,1-5H3,(H,31,32);9,20-21,23-27H,6-8,10-17,19H2,1-5H3;9,18-19,21-25,28H,6-8,10-17H2,1-5H3;1H2;7*1H4;;;2*1H2/q;-1;;;;;;;;;;2*+1;;/p-2/t20-,22+,23+,24-,25+,26+,29+,30-;21-,23+,24+,25-,26+,27+,29+,30-;19-,21+,22+,23-,24+,25+,26+,27-;;;;;;;;;;;;/m111............/s1. The van der Waals surface area contributed by atoms with Gasteiger partial charge in [-0.15, -0.1) is 0 Å². The van der Waals surface area contributed by atoms with Crippen molar-refractivity contribution >= 4 is 36.1 Å². The molecule has 12 aliphatic carbocycles. The summed E-state index contributed by atoms with van der Waals surface area (Å²) >= 11 is 0. The molecule has 0 spiro atoms. The molecule has 0 bridgehead atoms. The minimum Gasteiger partial charge on any atom is -0.870 e. The van der Waals surface area contributed by atoms with Crippen LogP contribution in [0.15, 0.2) is 34.9 Å². The molecule has 13 nitrogen and oxygen atoms in total. The molecular weight excluding hydrogens is 1390 g/mol. The largest absolute Gasteiger partial charge is 1.00 e. The number of hydrogen-bond acceptors (Lipinski definition) is 12. The molecule has 4 N–H and O–H groups in total. The maximum Gasteiger partial charge on any atom is 1.00 e. The SMILES string of the molecule is C.C.C.C.C.C.C.CC(C)CCC[C@@H](C)[C@H]1CC[C@H]2[C@@H]3CC=C4C[C@@H](O)CC[C@]4(C)[C@H]3CC[C@]12C.CC(C)CCC[C@@H](C)[C@H]1CC[C@H]2[C@@H]3CC=C4C[C@@H](OC(=O)CC(=O)O)CC[C@]4(C)[C@H]3CC[C@]12C.CC(C)CCC[C@@H](C)[C@H]1CC[C@H]2[C@@H]3CC=C4C[C@@H](OC(=O)C[C-]=O)CC[C@]4(C)[C@H]3CC[C@]12C.O=C1CC(=O)O1.[Li+].[Li+].[OH-].[OH-]. The van der Waals surface area contributed by atoms with Gasteiger partial charge in [-0.2, -0.15) is 0 Å². The number of hydrogen-bond donors (Lipinski definition) is 2. The summed E-state index contributed by atoms with van der Waals surface area (Å²) in [4.78, 5) is 64.4. The molecule has 1 aliphatic heterocycles. The summed E-state index contributed by atoms with van der Waals surface area (Å²) < 4.78 is 15.0. The zero-order valence-corrected chi connectivity index (χ0v) is 69.3. The van der Waals surface area contributed by atoms with Gasteiger partial charge in [-0.3, -0.25) is 30.3 Å². The first kappa shape index (κ1) is 112. The monoisotopic (exact) mass is 1560 g/mol. The number of carbonyl (C=O) groups is 5. The molecule has 13 aliphatic rings. The summed E-state index contributed by atoms with van der Waals surface area (Å²) in [5.74, 6) is 12.5. The van der Waals surface area contributed by atoms with Crippen LogP contribution >= 0.6 is 0 Å². The molecular formula is C97H173Li2O13-. The van der Waals surface area contributed by atoms with Crippen LogP contribution in [-0.4, -0.2) is 75.6 Å². The molecule has 112 heavy (non-hydrogen) atoms. The second-order valence-corrected chi connectivity index (χ2v) is 39.4. The normalized spacial score (nSPS) is 36.9. The summed E-state index contributed by atoms with van der Waals surface area (Å²) in [5.41, 5.74) is 7.14. The van der Waals surface area contributed by atoms with Gasteiger partial charge in [0.05, 0.1) is 6.10 Å². The van der Waals surface area contributed by atoms with Crippen molar-refractivity contribution in [1.82, 2.24) is 0 Å². The number of cyclic esters (lactones) is 2. The number of ether oxygens (including phenoxy) is 3. The van der Waals surface area contributed by atoms with E-state index < -0.39 is 36.3 Å². The van der Waals surface area contributed by atoms with E-state index in [1.165, 1.54) is 172 Å². The second-order valence-electron chi connectivity index (χ2n) is 39.4. The van der Waals surface area contributed by atoms with Crippen molar-refractivity contribution in [1.29, 1.82) is 0 Å². The van der Waals surface area contributed by atoms with Crippen LogP contribution in [0.25, 0.3) is 0 Å². The Morgan fingerprint density at radius 1 is 0.446 bits per heavy atom. The van der Waals surface area contributed by atoms with E-state index in [1.54, 1.807) is 11.9 Å². The van der Waals surface area contributed by atoms with Crippen LogP contribution in [0.3, 0.4) is 0 Å². The Kier molecular flexibility index (Phi) is 46.7. The van der Waals surface area contributed by atoms with Crippen molar-refractivity contribution in [2.75, 3.05) is 0 Å². The third-order valence-corrected chi connectivity index (χ3v) is 32.4. The molecule has 10 fully saturated rings. The number of aliphatic carboxylic acids is 1. The minimum absolute atomic E-state index is 0. The van der Waals surface area contributed by atoms with Gasteiger partial charge >= 0.3 is 61.6 Å². The average molecular weight is 1560 g/mol. The van der Waals surface area contributed by atoms with Gasteiger partial charge in [0.25, 0.3) is 5.97 Å². The molecule has 9 saturated carbocycles. The summed E-state index contributed by atoms with van der Waals surface area (Å²) in [7, 11) is 0. The van der Waals surface area contributed by atoms with E-state index in [2.05, 4.69) is 127 Å². The fourth-order valence-corrected chi connectivity index (χ4v) is 27.0. The van der Waals surface area contributed by atoms with Crippen molar-refractivity contribution in [3.05, 3.63) is 34.9 Å². The number of allylic oxidation sites excluding steroid dienone is 3. The molecule has 24 atom stereocenters. The summed E-state index contributed by atoms with van der Waals surface area (Å²) in [5, 5.41) is 19.1. The number of fused-ring (bicyclic) bond motifs is 15. The first-order valence-electron chi connectivity index (χ1n) is 42.2. The maximum absolute atomic E-state index is 11.9. The number of carbonyl (C=O) groups excluding carboxylic acids is 5. The third kappa shape index (κ3) is 24.2. The molecule has 0 aromatic carbocycles. The van der Waals surface area contributed by atoms with E-state index in [9.17, 15) is 33.9 Å². The van der Waals surface area contributed by atoms with Crippen LogP contribution in [0, 0.1) is 139 Å². The molecule has 0 aromatic heterocycles. The summed E-state index contributed by atoms with van der Waals surface area (Å²) in [6.07, 6.45) is 50.3. The van der Waals surface area contributed by atoms with Crippen LogP contribution in [0.4, 0.5) is 0 Å². The van der Waals surface area contributed by atoms with Crippen molar-refractivity contribution in [2.24, 2.45) is 139 Å². The predicted molar refractivity (Wildman–Crippen MR) is 454 cm³/mol. The van der Waals surface area contributed by atoms with Gasteiger partial charge in [-0.25, -0.2) is 0 Å². The minimum atomic E-state index is -1.11. The third-order valence-electron chi connectivity index (χ3n) is 32.4. The van der Waals surface area contributed by atoms with Crippen molar-refractivity contribution in [3.8, 4) is 0 Å². The Morgan fingerprint density at radius 2 is 0.750 bits per heavy atom. The van der Waals surface area contributed by atoms with E-state index in [-0.39, 0.29) is 143 Å². The quantitative estimate of drug-likeness (QED) is 0.0272. The molecule has 1 heterocycles. The van der Waals surface area contributed by atoms with Gasteiger partial charge < -0.3 is 40.2 Å². The molecule has 1 saturated heterocycles. The first-order chi connectivity index (χ1) is 47.8. The van der Waals surface area contributed by atoms with Crippen LogP contribution in [-0.2, 0) is 43.0 Å². The number of rotatable bonds is 21. The summed E-state index contributed by atoms with van der Waals surface area (Å²) in [6, 6.07) is 0. The van der Waals surface area contributed by atoms with Crippen LogP contribution in [0.5, 0.6) is 0 Å². The van der Waals surface area contributed by atoms with Gasteiger partial charge in [0.15, 0.2) is 0 Å². The molecule has 0 aromatic rings. The fraction of sp³-hybridized carbons (Fsp3) is 0.876. The fourth-order valence-electron chi connectivity index (χ4n) is 27.0. The second kappa shape index (κ2) is 46.9. The number of carboxylic acids is 1. The number of aliphatic hydroxyl groups is 1. The van der Waals surface area contributed by atoms with Gasteiger partial charge in [0.1, 0.15) is 25.0 Å². The average Bonchev–Trinajstić information content (AvgIpc) is 1.43. The van der Waals surface area contributed by atoms with Crippen LogP contribution in [0.1, 0.15) is 387 Å². The van der Waals surface area contributed by atoms with E-state index in [0.717, 1.165) is 158 Å². The number of aliphatic hydroxyl groups excluding tert-OH is 1. The topological polar surface area (TPSA) is 231 Å². The summed E-state index contributed by atoms with van der Waals surface area (Å²) in [6.45, 7) is 37.3. The van der Waals surface area contributed by atoms with Crippen molar-refractivity contribution in [2.45, 2.75) is 405 Å². The molecule has 0 radical (unpaired) electrons. The first-order valence-corrected chi connectivity index (χ1v) is 42.2. The molecule has 15 heteroatoms.